The Labute approximate surface area is 117 Å². The Morgan fingerprint density at radius 3 is 2.80 bits per heavy atom. The molecule has 1 aliphatic heterocycles. The summed E-state index contributed by atoms with van der Waals surface area (Å²) in [6.45, 7) is 3.12. The molecule has 3 rings (SSSR count). The Balaban J connectivity index is 1.97. The summed E-state index contributed by atoms with van der Waals surface area (Å²) in [6, 6.07) is 1.75. The highest BCUT2D eigenvalue weighted by Crippen LogP contribution is 2.15. The number of aromatic nitrogens is 3. The van der Waals surface area contributed by atoms with Crippen LogP contribution in [-0.2, 0) is 0 Å². The van der Waals surface area contributed by atoms with E-state index in [1.54, 1.807) is 27.9 Å². The lowest BCUT2D eigenvalue weighted by Gasteiger charge is -2.31. The summed E-state index contributed by atoms with van der Waals surface area (Å²) in [5, 5.41) is 4.28. The molecule has 1 fully saturated rings. The molecule has 1 aliphatic rings. The second-order valence-electron chi connectivity index (χ2n) is 4.85. The Morgan fingerprint density at radius 1 is 1.35 bits per heavy atom. The van der Waals surface area contributed by atoms with Crippen LogP contribution in [0.4, 0.5) is 0 Å². The van der Waals surface area contributed by atoms with Gasteiger partial charge in [0, 0.05) is 38.6 Å². The highest BCUT2D eigenvalue weighted by molar-refractivity contribution is 5.96. The van der Waals surface area contributed by atoms with Gasteiger partial charge in [-0.3, -0.25) is 4.79 Å². The third-order valence-corrected chi connectivity index (χ3v) is 3.53. The van der Waals surface area contributed by atoms with Crippen LogP contribution in [-0.4, -0.2) is 63.5 Å². The molecule has 0 aromatic carbocycles. The molecule has 3 heterocycles. The van der Waals surface area contributed by atoms with Crippen molar-refractivity contribution in [2.75, 3.05) is 33.2 Å². The van der Waals surface area contributed by atoms with Crippen LogP contribution in [0.3, 0.4) is 0 Å². The number of fused-ring (bicyclic) bond motifs is 1. The SMILES string of the molecule is C#Cc1c(C(=O)N2CCN(C)CC2)nn2cccnc12. The van der Waals surface area contributed by atoms with Crippen LogP contribution in [0.15, 0.2) is 18.5 Å². The van der Waals surface area contributed by atoms with Gasteiger partial charge in [-0.1, -0.05) is 5.92 Å². The van der Waals surface area contributed by atoms with E-state index < -0.39 is 0 Å². The molecule has 6 nitrogen and oxygen atoms in total. The lowest BCUT2D eigenvalue weighted by atomic mass is 10.2. The van der Waals surface area contributed by atoms with E-state index in [0.717, 1.165) is 13.1 Å². The fourth-order valence-electron chi connectivity index (χ4n) is 2.33. The molecule has 0 unspecified atom stereocenters. The fraction of sp³-hybridized carbons (Fsp3) is 0.357. The summed E-state index contributed by atoms with van der Waals surface area (Å²) >= 11 is 0. The summed E-state index contributed by atoms with van der Waals surface area (Å²) in [6.07, 6.45) is 8.91. The molecule has 20 heavy (non-hydrogen) atoms. The maximum atomic E-state index is 12.6. The molecule has 0 bridgehead atoms. The fourth-order valence-corrected chi connectivity index (χ4v) is 2.33. The van der Waals surface area contributed by atoms with Crippen LogP contribution in [0.1, 0.15) is 16.1 Å². The summed E-state index contributed by atoms with van der Waals surface area (Å²) in [5.74, 6) is 2.43. The van der Waals surface area contributed by atoms with E-state index >= 15 is 0 Å². The Kier molecular flexibility index (Phi) is 3.12. The van der Waals surface area contributed by atoms with Crippen molar-refractivity contribution in [1.82, 2.24) is 24.4 Å². The van der Waals surface area contributed by atoms with Crippen molar-refractivity contribution < 1.29 is 4.79 Å². The second-order valence-corrected chi connectivity index (χ2v) is 4.85. The van der Waals surface area contributed by atoms with Gasteiger partial charge >= 0.3 is 0 Å². The number of piperazine rings is 1. The maximum Gasteiger partial charge on any atom is 0.275 e. The van der Waals surface area contributed by atoms with Gasteiger partial charge in [-0.25, -0.2) is 9.50 Å². The average molecular weight is 269 g/mol. The van der Waals surface area contributed by atoms with Crippen molar-refractivity contribution in [2.45, 2.75) is 0 Å². The lowest BCUT2D eigenvalue weighted by Crippen LogP contribution is -2.47. The van der Waals surface area contributed by atoms with E-state index in [1.165, 1.54) is 0 Å². The zero-order chi connectivity index (χ0) is 14.1. The molecule has 0 saturated carbocycles. The van der Waals surface area contributed by atoms with Crippen molar-refractivity contribution in [3.63, 3.8) is 0 Å². The summed E-state index contributed by atoms with van der Waals surface area (Å²) in [7, 11) is 2.05. The van der Waals surface area contributed by atoms with Gasteiger partial charge in [-0.05, 0) is 13.1 Å². The van der Waals surface area contributed by atoms with E-state index in [-0.39, 0.29) is 5.91 Å². The maximum absolute atomic E-state index is 12.6. The molecular formula is C14H15N5O. The van der Waals surface area contributed by atoms with E-state index in [0.29, 0.717) is 30.0 Å². The van der Waals surface area contributed by atoms with Crippen LogP contribution in [0.5, 0.6) is 0 Å². The van der Waals surface area contributed by atoms with Crippen LogP contribution < -0.4 is 0 Å². The molecule has 0 spiro atoms. The molecule has 0 radical (unpaired) electrons. The highest BCUT2D eigenvalue weighted by atomic mass is 16.2. The molecular weight excluding hydrogens is 254 g/mol. The molecule has 0 N–H and O–H groups in total. The first kappa shape index (κ1) is 12.6. The molecule has 1 saturated heterocycles. The van der Waals surface area contributed by atoms with Gasteiger partial charge < -0.3 is 9.80 Å². The number of amides is 1. The number of terminal acetylenes is 1. The number of hydrogen-bond acceptors (Lipinski definition) is 4. The molecule has 0 aliphatic carbocycles. The van der Waals surface area contributed by atoms with Gasteiger partial charge in [0.1, 0.15) is 5.56 Å². The zero-order valence-electron chi connectivity index (χ0n) is 11.3. The summed E-state index contributed by atoms with van der Waals surface area (Å²) in [5.41, 5.74) is 1.33. The zero-order valence-corrected chi connectivity index (χ0v) is 11.3. The largest absolute Gasteiger partial charge is 0.335 e. The van der Waals surface area contributed by atoms with Gasteiger partial charge in [0.2, 0.25) is 0 Å². The summed E-state index contributed by atoms with van der Waals surface area (Å²) in [4.78, 5) is 20.7. The number of carbonyl (C=O) groups excluding carboxylic acids is 1. The smallest absolute Gasteiger partial charge is 0.275 e. The van der Waals surface area contributed by atoms with Crippen molar-refractivity contribution in [3.8, 4) is 12.3 Å². The minimum Gasteiger partial charge on any atom is -0.335 e. The van der Waals surface area contributed by atoms with Crippen LogP contribution >= 0.6 is 0 Å². The van der Waals surface area contributed by atoms with Gasteiger partial charge in [0.05, 0.1) is 0 Å². The second kappa shape index (κ2) is 4.94. The standard InChI is InChI=1S/C14H15N5O/c1-3-11-12(16-19-6-4-5-15-13(11)19)14(20)18-9-7-17(2)8-10-18/h1,4-6H,7-10H2,2H3. The van der Waals surface area contributed by atoms with E-state index in [4.69, 9.17) is 6.42 Å². The first-order chi connectivity index (χ1) is 9.70. The molecule has 6 heteroatoms. The van der Waals surface area contributed by atoms with E-state index in [9.17, 15) is 4.79 Å². The van der Waals surface area contributed by atoms with E-state index in [2.05, 4.69) is 20.9 Å². The minimum absolute atomic E-state index is 0.114. The monoisotopic (exact) mass is 269 g/mol. The molecule has 1 amide bonds. The van der Waals surface area contributed by atoms with Crippen LogP contribution in [0, 0.1) is 12.3 Å². The molecule has 102 valence electrons. The average Bonchev–Trinajstić information content (AvgIpc) is 2.85. The normalized spacial score (nSPS) is 16.3. The first-order valence-electron chi connectivity index (χ1n) is 6.48. The Morgan fingerprint density at radius 2 is 2.10 bits per heavy atom. The third-order valence-electron chi connectivity index (χ3n) is 3.53. The minimum atomic E-state index is -0.114. The number of carbonyl (C=O) groups is 1. The number of nitrogens with zero attached hydrogens (tertiary/aromatic N) is 5. The third kappa shape index (κ3) is 2.02. The van der Waals surface area contributed by atoms with Gasteiger partial charge in [0.15, 0.2) is 11.3 Å². The Hall–Kier alpha value is -2.39. The molecule has 2 aromatic rings. The quantitative estimate of drug-likeness (QED) is 0.689. The van der Waals surface area contributed by atoms with Gasteiger partial charge in [0.25, 0.3) is 5.91 Å². The highest BCUT2D eigenvalue weighted by Gasteiger charge is 2.26. The van der Waals surface area contributed by atoms with E-state index in [1.807, 2.05) is 7.05 Å². The van der Waals surface area contributed by atoms with Crippen LogP contribution in [0.2, 0.25) is 0 Å². The predicted molar refractivity (Wildman–Crippen MR) is 74.3 cm³/mol. The topological polar surface area (TPSA) is 53.7 Å². The van der Waals surface area contributed by atoms with Gasteiger partial charge in [-0.2, -0.15) is 5.10 Å². The summed E-state index contributed by atoms with van der Waals surface area (Å²) < 4.78 is 1.55. The number of likely N-dealkylation sites (N-methyl/N-ethyl adjacent to an activating group) is 1. The molecule has 0 atom stereocenters. The Bertz CT molecular complexity index is 691. The van der Waals surface area contributed by atoms with Crippen molar-refractivity contribution in [3.05, 3.63) is 29.7 Å². The predicted octanol–water partition coefficient (Wildman–Crippen LogP) is 0.0982. The van der Waals surface area contributed by atoms with Crippen molar-refractivity contribution in [2.24, 2.45) is 0 Å². The number of hydrogen-bond donors (Lipinski definition) is 0. The number of rotatable bonds is 1. The van der Waals surface area contributed by atoms with Gasteiger partial charge in [-0.15, -0.1) is 6.42 Å². The van der Waals surface area contributed by atoms with Crippen LogP contribution in [0.25, 0.3) is 5.65 Å². The lowest BCUT2D eigenvalue weighted by molar-refractivity contribution is 0.0657. The first-order valence-corrected chi connectivity index (χ1v) is 6.48. The molecule has 2 aromatic heterocycles. The van der Waals surface area contributed by atoms with Crippen molar-refractivity contribution in [1.29, 1.82) is 0 Å². The van der Waals surface area contributed by atoms with Crippen molar-refractivity contribution >= 4 is 11.6 Å².